The number of aliphatic hydroxyl groups excluding tert-OH is 1. The summed E-state index contributed by atoms with van der Waals surface area (Å²) < 4.78 is 5.42. The Labute approximate surface area is 102 Å². The van der Waals surface area contributed by atoms with E-state index >= 15 is 0 Å². The molecule has 0 aliphatic carbocycles. The van der Waals surface area contributed by atoms with Gasteiger partial charge in [0.25, 0.3) is 0 Å². The molecule has 0 amide bonds. The first-order valence-electron chi connectivity index (χ1n) is 6.00. The molecule has 0 saturated carbocycles. The highest BCUT2D eigenvalue weighted by Gasteiger charge is 2.13. The van der Waals surface area contributed by atoms with Gasteiger partial charge in [-0.3, -0.25) is 0 Å². The van der Waals surface area contributed by atoms with Gasteiger partial charge < -0.3 is 15.2 Å². The van der Waals surface area contributed by atoms with Gasteiger partial charge in [0.2, 0.25) is 11.8 Å². The SMILES string of the molecule is CCCOc1ccnc(NC(CO)C(C)C)n1. The summed E-state index contributed by atoms with van der Waals surface area (Å²) in [4.78, 5) is 8.33. The molecule has 1 aromatic rings. The fraction of sp³-hybridized carbons (Fsp3) is 0.667. The summed E-state index contributed by atoms with van der Waals surface area (Å²) in [6.07, 6.45) is 2.59. The van der Waals surface area contributed by atoms with Crippen molar-refractivity contribution in [3.05, 3.63) is 12.3 Å². The third-order valence-electron chi connectivity index (χ3n) is 2.40. The summed E-state index contributed by atoms with van der Waals surface area (Å²) >= 11 is 0. The van der Waals surface area contributed by atoms with Crippen molar-refractivity contribution in [2.75, 3.05) is 18.5 Å². The minimum Gasteiger partial charge on any atom is -0.478 e. The standard InChI is InChI=1S/C12H21N3O2/c1-4-7-17-11-5-6-13-12(15-11)14-10(8-16)9(2)3/h5-6,9-10,16H,4,7-8H2,1-3H3,(H,13,14,15). The van der Waals surface area contributed by atoms with Gasteiger partial charge in [0.15, 0.2) is 0 Å². The number of hydrogen-bond donors (Lipinski definition) is 2. The maximum Gasteiger partial charge on any atom is 0.226 e. The number of nitrogens with zero attached hydrogens (tertiary/aromatic N) is 2. The first-order valence-corrected chi connectivity index (χ1v) is 6.00. The number of aliphatic hydroxyl groups is 1. The van der Waals surface area contributed by atoms with Crippen LogP contribution in [0, 0.1) is 5.92 Å². The maximum absolute atomic E-state index is 9.22. The number of nitrogens with one attached hydrogen (secondary N) is 1. The van der Waals surface area contributed by atoms with E-state index in [-0.39, 0.29) is 12.6 Å². The Morgan fingerprint density at radius 3 is 2.82 bits per heavy atom. The van der Waals surface area contributed by atoms with Gasteiger partial charge in [0.05, 0.1) is 19.3 Å². The summed E-state index contributed by atoms with van der Waals surface area (Å²) in [6, 6.07) is 1.68. The lowest BCUT2D eigenvalue weighted by molar-refractivity contribution is 0.248. The second-order valence-corrected chi connectivity index (χ2v) is 4.24. The molecule has 0 aromatic carbocycles. The minimum absolute atomic E-state index is 0.0450. The van der Waals surface area contributed by atoms with Crippen LogP contribution in [0.3, 0.4) is 0 Å². The molecule has 1 heterocycles. The molecule has 0 saturated heterocycles. The molecule has 0 bridgehead atoms. The molecular formula is C12H21N3O2. The molecule has 1 rings (SSSR count). The highest BCUT2D eigenvalue weighted by Crippen LogP contribution is 2.12. The Bertz CT molecular complexity index is 331. The fourth-order valence-corrected chi connectivity index (χ4v) is 1.29. The molecule has 1 atom stereocenters. The van der Waals surface area contributed by atoms with E-state index in [9.17, 15) is 5.11 Å². The smallest absolute Gasteiger partial charge is 0.226 e. The van der Waals surface area contributed by atoms with Crippen LogP contribution in [0.1, 0.15) is 27.2 Å². The number of rotatable bonds is 7. The average Bonchev–Trinajstić information content (AvgIpc) is 2.33. The van der Waals surface area contributed by atoms with Crippen molar-refractivity contribution in [1.82, 2.24) is 9.97 Å². The van der Waals surface area contributed by atoms with Crippen LogP contribution in [0.15, 0.2) is 12.3 Å². The molecule has 5 nitrogen and oxygen atoms in total. The maximum atomic E-state index is 9.22. The Kier molecular flexibility index (Phi) is 5.69. The average molecular weight is 239 g/mol. The van der Waals surface area contributed by atoms with Crippen molar-refractivity contribution in [2.45, 2.75) is 33.2 Å². The van der Waals surface area contributed by atoms with Crippen molar-refractivity contribution in [1.29, 1.82) is 0 Å². The third kappa shape index (κ3) is 4.56. The highest BCUT2D eigenvalue weighted by molar-refractivity contribution is 5.29. The van der Waals surface area contributed by atoms with Gasteiger partial charge in [-0.25, -0.2) is 4.98 Å². The Balaban J connectivity index is 2.64. The summed E-state index contributed by atoms with van der Waals surface area (Å²) in [6.45, 7) is 6.81. The van der Waals surface area contributed by atoms with Crippen molar-refractivity contribution in [3.8, 4) is 5.88 Å². The van der Waals surface area contributed by atoms with E-state index in [2.05, 4.69) is 15.3 Å². The predicted molar refractivity (Wildman–Crippen MR) is 67.2 cm³/mol. The van der Waals surface area contributed by atoms with Gasteiger partial charge >= 0.3 is 0 Å². The fourth-order valence-electron chi connectivity index (χ4n) is 1.29. The van der Waals surface area contributed by atoms with Crippen LogP contribution in [0.5, 0.6) is 5.88 Å². The van der Waals surface area contributed by atoms with E-state index in [0.717, 1.165) is 6.42 Å². The van der Waals surface area contributed by atoms with Crippen LogP contribution in [0.25, 0.3) is 0 Å². The van der Waals surface area contributed by atoms with E-state index in [1.807, 2.05) is 20.8 Å². The van der Waals surface area contributed by atoms with Gasteiger partial charge in [-0.15, -0.1) is 0 Å². The predicted octanol–water partition coefficient (Wildman–Crippen LogP) is 1.69. The van der Waals surface area contributed by atoms with Crippen LogP contribution < -0.4 is 10.1 Å². The normalized spacial score (nSPS) is 12.5. The lowest BCUT2D eigenvalue weighted by Crippen LogP contribution is -2.30. The van der Waals surface area contributed by atoms with Crippen molar-refractivity contribution in [2.24, 2.45) is 5.92 Å². The number of anilines is 1. The van der Waals surface area contributed by atoms with Gasteiger partial charge in [-0.05, 0) is 12.3 Å². The lowest BCUT2D eigenvalue weighted by Gasteiger charge is -2.19. The third-order valence-corrected chi connectivity index (χ3v) is 2.40. The van der Waals surface area contributed by atoms with Crippen LogP contribution in [0.2, 0.25) is 0 Å². The van der Waals surface area contributed by atoms with Crippen LogP contribution in [-0.4, -0.2) is 34.3 Å². The summed E-state index contributed by atoms with van der Waals surface area (Å²) in [5.41, 5.74) is 0. The number of hydrogen-bond acceptors (Lipinski definition) is 5. The Morgan fingerprint density at radius 2 is 2.24 bits per heavy atom. The molecule has 1 unspecified atom stereocenters. The molecule has 0 spiro atoms. The lowest BCUT2D eigenvalue weighted by atomic mass is 10.1. The molecular weight excluding hydrogens is 218 g/mol. The van der Waals surface area contributed by atoms with Gasteiger partial charge in [-0.1, -0.05) is 20.8 Å². The molecule has 1 aromatic heterocycles. The molecule has 0 aliphatic heterocycles. The molecule has 0 fully saturated rings. The van der Waals surface area contributed by atoms with Crippen molar-refractivity contribution in [3.63, 3.8) is 0 Å². The zero-order valence-corrected chi connectivity index (χ0v) is 10.7. The summed E-state index contributed by atoms with van der Waals surface area (Å²) in [7, 11) is 0. The first kappa shape index (κ1) is 13.7. The van der Waals surface area contributed by atoms with Crippen molar-refractivity contribution >= 4 is 5.95 Å². The summed E-state index contributed by atoms with van der Waals surface area (Å²) in [5, 5.41) is 12.3. The molecule has 17 heavy (non-hydrogen) atoms. The van der Waals surface area contributed by atoms with Gasteiger partial charge in [-0.2, -0.15) is 4.98 Å². The topological polar surface area (TPSA) is 67.3 Å². The van der Waals surface area contributed by atoms with E-state index in [0.29, 0.717) is 24.4 Å². The zero-order valence-electron chi connectivity index (χ0n) is 10.7. The van der Waals surface area contributed by atoms with E-state index in [4.69, 9.17) is 4.74 Å². The molecule has 96 valence electrons. The summed E-state index contributed by atoms with van der Waals surface area (Å²) in [5.74, 6) is 1.36. The monoisotopic (exact) mass is 239 g/mol. The molecule has 0 aliphatic rings. The van der Waals surface area contributed by atoms with Crippen LogP contribution >= 0.6 is 0 Å². The van der Waals surface area contributed by atoms with Gasteiger partial charge in [0.1, 0.15) is 0 Å². The molecule has 0 radical (unpaired) electrons. The van der Waals surface area contributed by atoms with Gasteiger partial charge in [0, 0.05) is 12.3 Å². The van der Waals surface area contributed by atoms with Crippen LogP contribution in [0.4, 0.5) is 5.95 Å². The Morgan fingerprint density at radius 1 is 1.47 bits per heavy atom. The quantitative estimate of drug-likeness (QED) is 0.758. The molecule has 5 heteroatoms. The number of aromatic nitrogens is 2. The van der Waals surface area contributed by atoms with Crippen molar-refractivity contribution < 1.29 is 9.84 Å². The number of ether oxygens (including phenoxy) is 1. The Hall–Kier alpha value is -1.36. The van der Waals surface area contributed by atoms with E-state index < -0.39 is 0 Å². The van der Waals surface area contributed by atoms with E-state index in [1.54, 1.807) is 12.3 Å². The molecule has 2 N–H and O–H groups in total. The highest BCUT2D eigenvalue weighted by atomic mass is 16.5. The van der Waals surface area contributed by atoms with Crippen LogP contribution in [-0.2, 0) is 0 Å². The second kappa shape index (κ2) is 7.06. The van der Waals surface area contributed by atoms with E-state index in [1.165, 1.54) is 0 Å². The second-order valence-electron chi connectivity index (χ2n) is 4.24. The zero-order chi connectivity index (χ0) is 12.7. The minimum atomic E-state index is -0.0450. The first-order chi connectivity index (χ1) is 8.17. The largest absolute Gasteiger partial charge is 0.478 e.